The van der Waals surface area contributed by atoms with E-state index in [1.165, 1.54) is 18.4 Å². The van der Waals surface area contributed by atoms with Gasteiger partial charge in [-0.15, -0.1) is 0 Å². The van der Waals surface area contributed by atoms with Crippen LogP contribution in [-0.2, 0) is 9.53 Å². The van der Waals surface area contributed by atoms with E-state index in [2.05, 4.69) is 59.4 Å². The van der Waals surface area contributed by atoms with Crippen LogP contribution in [0.1, 0.15) is 51.7 Å². The van der Waals surface area contributed by atoms with Crippen LogP contribution in [0.3, 0.4) is 0 Å². The fourth-order valence-corrected chi connectivity index (χ4v) is 6.51. The van der Waals surface area contributed by atoms with Gasteiger partial charge in [0.05, 0.1) is 6.10 Å². The van der Waals surface area contributed by atoms with Gasteiger partial charge in [0, 0.05) is 24.0 Å². The van der Waals surface area contributed by atoms with Crippen LogP contribution in [0.5, 0.6) is 0 Å². The van der Waals surface area contributed by atoms with Crippen LogP contribution in [0.4, 0.5) is 0 Å². The highest BCUT2D eigenvalue weighted by molar-refractivity contribution is 9.10. The summed E-state index contributed by atoms with van der Waals surface area (Å²) in [6, 6.07) is 8.67. The van der Waals surface area contributed by atoms with Crippen LogP contribution in [0.25, 0.3) is 0 Å². The Bertz CT molecular complexity index is 673. The lowest BCUT2D eigenvalue weighted by molar-refractivity contribution is -0.136. The molecule has 1 spiro atoms. The maximum atomic E-state index is 11.9. The Balaban J connectivity index is 1.74. The van der Waals surface area contributed by atoms with Crippen LogP contribution in [-0.4, -0.2) is 18.6 Å². The maximum absolute atomic E-state index is 11.9. The summed E-state index contributed by atoms with van der Waals surface area (Å²) in [5.74, 6) is 1.24. The van der Waals surface area contributed by atoms with Crippen molar-refractivity contribution in [3.63, 3.8) is 0 Å². The van der Waals surface area contributed by atoms with E-state index in [0.717, 1.165) is 17.5 Å². The number of carbonyl (C=O) groups is 1. The molecule has 1 aromatic rings. The van der Waals surface area contributed by atoms with Gasteiger partial charge in [-0.1, -0.05) is 48.0 Å². The molecule has 4 heteroatoms. The second-order valence-corrected chi connectivity index (χ2v) is 9.35. The Morgan fingerprint density at radius 2 is 2.08 bits per heavy atom. The quantitative estimate of drug-likeness (QED) is 0.807. The number of amides is 1. The number of rotatable bonds is 2. The molecule has 1 heterocycles. The molecule has 1 saturated heterocycles. The molecule has 1 N–H and O–H groups in total. The van der Waals surface area contributed by atoms with Gasteiger partial charge in [0.1, 0.15) is 0 Å². The molecule has 130 valence electrons. The van der Waals surface area contributed by atoms with Gasteiger partial charge in [0.2, 0.25) is 5.91 Å². The molecule has 0 aromatic heterocycles. The largest absolute Gasteiger partial charge is 0.373 e. The summed E-state index contributed by atoms with van der Waals surface area (Å²) in [7, 11) is 0. The summed E-state index contributed by atoms with van der Waals surface area (Å²) >= 11 is 3.71. The first-order chi connectivity index (χ1) is 11.4. The second kappa shape index (κ2) is 5.57. The molecule has 1 aromatic carbocycles. The SMILES string of the molecule is CC(=O)N[C@@H]1C(C)(C)[C@@H]2C[C@@H]3[C@@H](c4ccccc4Br)OCCC31C2. The van der Waals surface area contributed by atoms with E-state index in [1.807, 2.05) is 0 Å². The Kier molecular flexibility index (Phi) is 3.85. The fraction of sp³-hybridized carbons (Fsp3) is 0.650. The minimum absolute atomic E-state index is 0.0951. The van der Waals surface area contributed by atoms with Gasteiger partial charge in [-0.25, -0.2) is 0 Å². The van der Waals surface area contributed by atoms with Gasteiger partial charge < -0.3 is 10.1 Å². The third-order valence-corrected chi connectivity index (χ3v) is 7.79. The summed E-state index contributed by atoms with van der Waals surface area (Å²) < 4.78 is 7.41. The summed E-state index contributed by atoms with van der Waals surface area (Å²) in [5.41, 5.74) is 1.60. The number of hydrogen-bond donors (Lipinski definition) is 1. The molecule has 3 fully saturated rings. The molecule has 1 aliphatic heterocycles. The topological polar surface area (TPSA) is 38.3 Å². The number of fused-ring (bicyclic) bond motifs is 1. The number of halogens is 1. The lowest BCUT2D eigenvalue weighted by Gasteiger charge is -2.53. The van der Waals surface area contributed by atoms with Gasteiger partial charge in [0.25, 0.3) is 0 Å². The smallest absolute Gasteiger partial charge is 0.217 e. The number of carbonyl (C=O) groups excluding carboxylic acids is 1. The first-order valence-electron chi connectivity index (χ1n) is 8.99. The summed E-state index contributed by atoms with van der Waals surface area (Å²) in [6.45, 7) is 7.11. The van der Waals surface area contributed by atoms with Gasteiger partial charge in [-0.3, -0.25) is 4.79 Å². The Morgan fingerprint density at radius 3 is 2.79 bits per heavy atom. The minimum atomic E-state index is 0.0951. The van der Waals surface area contributed by atoms with Crippen LogP contribution < -0.4 is 5.32 Å². The lowest BCUT2D eigenvalue weighted by atomic mass is 9.59. The number of nitrogens with one attached hydrogen (secondary N) is 1. The van der Waals surface area contributed by atoms with Gasteiger partial charge >= 0.3 is 0 Å². The van der Waals surface area contributed by atoms with E-state index < -0.39 is 0 Å². The van der Waals surface area contributed by atoms with Crippen LogP contribution in [0.15, 0.2) is 28.7 Å². The van der Waals surface area contributed by atoms with Crippen molar-refractivity contribution in [3.05, 3.63) is 34.3 Å². The Labute approximate surface area is 152 Å². The predicted octanol–water partition coefficient (Wildman–Crippen LogP) is 4.47. The lowest BCUT2D eigenvalue weighted by Crippen LogP contribution is -2.58. The molecule has 1 amide bonds. The van der Waals surface area contributed by atoms with E-state index in [0.29, 0.717) is 11.8 Å². The van der Waals surface area contributed by atoms with E-state index >= 15 is 0 Å². The predicted molar refractivity (Wildman–Crippen MR) is 97.5 cm³/mol. The number of benzene rings is 1. The average molecular weight is 392 g/mol. The molecule has 1 unspecified atom stereocenters. The number of hydrogen-bond acceptors (Lipinski definition) is 2. The molecule has 2 saturated carbocycles. The Morgan fingerprint density at radius 1 is 1.33 bits per heavy atom. The first-order valence-corrected chi connectivity index (χ1v) is 9.79. The van der Waals surface area contributed by atoms with E-state index in [4.69, 9.17) is 4.74 Å². The first kappa shape index (κ1) is 16.6. The highest BCUT2D eigenvalue weighted by Gasteiger charge is 2.68. The summed E-state index contributed by atoms with van der Waals surface area (Å²) in [5, 5.41) is 3.33. The Hall–Kier alpha value is -0.870. The molecule has 2 bridgehead atoms. The zero-order chi connectivity index (χ0) is 17.1. The van der Waals surface area contributed by atoms with Crippen LogP contribution in [0.2, 0.25) is 0 Å². The third kappa shape index (κ3) is 2.22. The standard InChI is InChI=1S/C20H26BrNO2/c1-12(23)22-18-19(2,3)13-10-15-17(14-6-4-5-7-16(14)21)24-9-8-20(15,18)11-13/h4-7,13,15,17-18H,8-11H2,1-3H3,(H,22,23)/t13-,15-,17-,18-,20?/m1/s1. The highest BCUT2D eigenvalue weighted by Crippen LogP contribution is 2.70. The summed E-state index contributed by atoms with van der Waals surface area (Å²) in [4.78, 5) is 11.9. The second-order valence-electron chi connectivity index (χ2n) is 8.49. The van der Waals surface area contributed by atoms with Crippen molar-refractivity contribution >= 4 is 21.8 Å². The molecule has 5 atom stereocenters. The molecule has 3 aliphatic rings. The van der Waals surface area contributed by atoms with Crippen molar-refractivity contribution in [2.24, 2.45) is 22.7 Å². The zero-order valence-electron chi connectivity index (χ0n) is 14.6. The van der Waals surface area contributed by atoms with Crippen molar-refractivity contribution in [1.82, 2.24) is 5.32 Å². The van der Waals surface area contributed by atoms with E-state index in [1.54, 1.807) is 6.92 Å². The third-order valence-electron chi connectivity index (χ3n) is 7.06. The molecule has 3 nitrogen and oxygen atoms in total. The van der Waals surface area contributed by atoms with Crippen LogP contribution >= 0.6 is 15.9 Å². The van der Waals surface area contributed by atoms with Crippen molar-refractivity contribution in [3.8, 4) is 0 Å². The van der Waals surface area contributed by atoms with Crippen LogP contribution in [0, 0.1) is 22.7 Å². The van der Waals surface area contributed by atoms with Crippen molar-refractivity contribution in [1.29, 1.82) is 0 Å². The summed E-state index contributed by atoms with van der Waals surface area (Å²) in [6.07, 6.45) is 3.62. The van der Waals surface area contributed by atoms with Gasteiger partial charge in [-0.05, 0) is 53.6 Å². The maximum Gasteiger partial charge on any atom is 0.217 e. The molecule has 0 radical (unpaired) electrons. The average Bonchev–Trinajstić information content (AvgIpc) is 3.01. The van der Waals surface area contributed by atoms with Gasteiger partial charge in [-0.2, -0.15) is 0 Å². The van der Waals surface area contributed by atoms with Crippen molar-refractivity contribution < 1.29 is 9.53 Å². The number of ether oxygens (including phenoxy) is 1. The van der Waals surface area contributed by atoms with E-state index in [-0.39, 0.29) is 28.9 Å². The molecule has 4 rings (SSSR count). The van der Waals surface area contributed by atoms with Crippen molar-refractivity contribution in [2.75, 3.05) is 6.61 Å². The van der Waals surface area contributed by atoms with E-state index in [9.17, 15) is 4.79 Å². The molecule has 24 heavy (non-hydrogen) atoms. The monoisotopic (exact) mass is 391 g/mol. The fourth-order valence-electron chi connectivity index (χ4n) is 6.00. The zero-order valence-corrected chi connectivity index (χ0v) is 16.2. The molecule has 2 aliphatic carbocycles. The minimum Gasteiger partial charge on any atom is -0.373 e. The normalized spacial score (nSPS) is 39.5. The molecular weight excluding hydrogens is 366 g/mol. The molecular formula is C20H26BrNO2. The van der Waals surface area contributed by atoms with Gasteiger partial charge in [0.15, 0.2) is 0 Å². The highest BCUT2D eigenvalue weighted by atomic mass is 79.9. The van der Waals surface area contributed by atoms with Crippen molar-refractivity contribution in [2.45, 2.75) is 52.2 Å².